The third kappa shape index (κ3) is 9.85. The van der Waals surface area contributed by atoms with Gasteiger partial charge in [0, 0.05) is 96.2 Å². The third-order valence-electron chi connectivity index (χ3n) is 15.0. The van der Waals surface area contributed by atoms with Crippen molar-refractivity contribution in [2.45, 2.75) is 115 Å². The van der Waals surface area contributed by atoms with E-state index in [2.05, 4.69) is 54.6 Å². The first-order valence-corrected chi connectivity index (χ1v) is 25.1. The fourth-order valence-electron chi connectivity index (χ4n) is 11.4. The molecule has 352 valence electrons. The maximum Gasteiger partial charge on any atom is 0.164 e. The molecule has 0 amide bonds. The van der Waals surface area contributed by atoms with E-state index in [1.165, 1.54) is 85.3 Å². The van der Waals surface area contributed by atoms with Crippen molar-refractivity contribution in [1.29, 1.82) is 0 Å². The molecular formula is C53H69FN8O4. The number of anilines is 3. The summed E-state index contributed by atoms with van der Waals surface area (Å²) in [6.45, 7) is 9.74. The van der Waals surface area contributed by atoms with Crippen LogP contribution in [0.3, 0.4) is 0 Å². The fraction of sp³-hybridized carbons (Fsp3) is 0.566. The molecule has 2 N–H and O–H groups in total. The summed E-state index contributed by atoms with van der Waals surface area (Å²) in [6.07, 6.45) is 19.4. The number of methoxy groups -OCH3 is 2. The summed E-state index contributed by atoms with van der Waals surface area (Å²) in [5.41, 5.74) is 11.2. The molecule has 0 saturated carbocycles. The van der Waals surface area contributed by atoms with Crippen molar-refractivity contribution >= 4 is 38.9 Å². The summed E-state index contributed by atoms with van der Waals surface area (Å²) < 4.78 is 39.3. The van der Waals surface area contributed by atoms with Crippen LogP contribution in [0.25, 0.3) is 21.8 Å². The van der Waals surface area contributed by atoms with Crippen molar-refractivity contribution in [2.24, 2.45) is 0 Å². The second kappa shape index (κ2) is 20.9. The van der Waals surface area contributed by atoms with Gasteiger partial charge in [0.15, 0.2) is 17.3 Å². The number of aryl methyl sites for hydroxylation is 2. The minimum absolute atomic E-state index is 0.258. The van der Waals surface area contributed by atoms with E-state index in [9.17, 15) is 4.39 Å². The summed E-state index contributed by atoms with van der Waals surface area (Å²) >= 11 is 0. The van der Waals surface area contributed by atoms with Crippen LogP contribution in [0.5, 0.6) is 17.2 Å². The molecule has 66 heavy (non-hydrogen) atoms. The van der Waals surface area contributed by atoms with Crippen LogP contribution < -0.4 is 29.7 Å². The van der Waals surface area contributed by atoms with Gasteiger partial charge in [-0.2, -0.15) is 0 Å². The van der Waals surface area contributed by atoms with Crippen molar-refractivity contribution in [3.05, 3.63) is 76.6 Å². The average Bonchev–Trinajstić information content (AvgIpc) is 4.11. The Morgan fingerprint density at radius 1 is 0.712 bits per heavy atom. The zero-order chi connectivity index (χ0) is 44.8. The van der Waals surface area contributed by atoms with Gasteiger partial charge < -0.3 is 39.4 Å². The lowest BCUT2D eigenvalue weighted by Gasteiger charge is -2.35. The normalized spacial score (nSPS) is 19.3. The number of likely N-dealkylation sites (tertiary alicyclic amines) is 2. The number of hydrogen-bond donors (Lipinski definition) is 2. The van der Waals surface area contributed by atoms with Crippen LogP contribution in [-0.4, -0.2) is 117 Å². The molecule has 13 heteroatoms. The number of halogens is 1. The molecule has 1 atom stereocenters. The van der Waals surface area contributed by atoms with Gasteiger partial charge in [0.2, 0.25) is 0 Å². The van der Waals surface area contributed by atoms with E-state index in [1.54, 1.807) is 26.5 Å². The fourth-order valence-corrected chi connectivity index (χ4v) is 11.4. The Balaban J connectivity index is 0.783. The molecule has 3 aliphatic heterocycles. The minimum Gasteiger partial charge on any atom is -0.496 e. The van der Waals surface area contributed by atoms with Crippen molar-refractivity contribution in [3.63, 3.8) is 0 Å². The number of piperidine rings is 1. The van der Waals surface area contributed by atoms with E-state index in [0.29, 0.717) is 24.9 Å². The maximum absolute atomic E-state index is 14.6. The molecule has 3 aromatic heterocycles. The maximum atomic E-state index is 14.6. The number of nitrogens with one attached hydrogen (secondary N) is 2. The molecule has 12 nitrogen and oxygen atoms in total. The molecule has 1 unspecified atom stereocenters. The second-order valence-corrected chi connectivity index (χ2v) is 19.2. The van der Waals surface area contributed by atoms with E-state index < -0.39 is 0 Å². The highest BCUT2D eigenvalue weighted by Crippen LogP contribution is 2.41. The number of pyridine rings is 3. The summed E-state index contributed by atoms with van der Waals surface area (Å²) in [5, 5.41) is 10.2. The molecule has 6 heterocycles. The van der Waals surface area contributed by atoms with Gasteiger partial charge in [-0.05, 0) is 145 Å². The van der Waals surface area contributed by atoms with E-state index in [-0.39, 0.29) is 11.9 Å². The van der Waals surface area contributed by atoms with Crippen LogP contribution >= 0.6 is 0 Å². The van der Waals surface area contributed by atoms with Crippen LogP contribution in [0.2, 0.25) is 0 Å². The quantitative estimate of drug-likeness (QED) is 0.0647. The molecule has 10 rings (SSSR count). The van der Waals surface area contributed by atoms with E-state index >= 15 is 0 Å². The second-order valence-electron chi connectivity index (χ2n) is 19.2. The Morgan fingerprint density at radius 3 is 2.27 bits per heavy atom. The minimum atomic E-state index is -0.258. The smallest absolute Gasteiger partial charge is 0.164 e. The van der Waals surface area contributed by atoms with Crippen LogP contribution in [-0.2, 0) is 37.0 Å². The number of hydrogen-bond acceptors (Lipinski definition) is 12. The first-order valence-electron chi connectivity index (χ1n) is 25.1. The average molecular weight is 901 g/mol. The number of ether oxygens (including phenoxy) is 4. The largest absolute Gasteiger partial charge is 0.496 e. The van der Waals surface area contributed by atoms with Crippen LogP contribution in [0, 0.1) is 5.82 Å². The monoisotopic (exact) mass is 901 g/mol. The van der Waals surface area contributed by atoms with Gasteiger partial charge in [-0.3, -0.25) is 19.9 Å². The standard InChI is InChI=1S/C53H69FN8O4/c1-63-49-30-41-46(29-36(49)35-65-28-26-60-20-6-7-21-60)58-45-15-8-13-39(45)52(41)56-33-38-11-9-22-61(38)23-10-27-66-51-32-47-42(31-50(51)64-2)53(40-12-4-3-5-14-44(40)59-47)57-37-17-24-62(25-18-37)48-16-19-55-34-43(48)54/h16,19,29-32,34,37-38H,3-15,17-18,20-28,33,35H2,1-2H3,(H,56,58)(H,57,59). The van der Waals surface area contributed by atoms with Gasteiger partial charge in [-0.15, -0.1) is 0 Å². The molecule has 0 radical (unpaired) electrons. The first-order chi connectivity index (χ1) is 32.5. The number of fused-ring (bicyclic) bond motifs is 4. The molecule has 5 aliphatic rings. The van der Waals surface area contributed by atoms with Crippen LogP contribution in [0.15, 0.2) is 42.7 Å². The van der Waals surface area contributed by atoms with Gasteiger partial charge in [-0.25, -0.2) is 4.39 Å². The number of benzene rings is 2. The Labute approximate surface area is 389 Å². The van der Waals surface area contributed by atoms with E-state index in [0.717, 1.165) is 155 Å². The van der Waals surface area contributed by atoms with Gasteiger partial charge in [-0.1, -0.05) is 6.42 Å². The van der Waals surface area contributed by atoms with E-state index in [1.807, 2.05) is 0 Å². The molecule has 2 aliphatic carbocycles. The van der Waals surface area contributed by atoms with Gasteiger partial charge in [0.05, 0.1) is 57.0 Å². The van der Waals surface area contributed by atoms with Crippen molar-refractivity contribution in [1.82, 2.24) is 24.8 Å². The highest BCUT2D eigenvalue weighted by molar-refractivity contribution is 5.96. The molecular weight excluding hydrogens is 832 g/mol. The molecule has 2 aromatic carbocycles. The Kier molecular flexibility index (Phi) is 14.2. The molecule has 0 bridgehead atoms. The number of nitrogens with zero attached hydrogens (tertiary/aromatic N) is 6. The number of aromatic nitrogens is 3. The third-order valence-corrected chi connectivity index (χ3v) is 15.0. The summed E-state index contributed by atoms with van der Waals surface area (Å²) in [5.74, 6) is 2.09. The van der Waals surface area contributed by atoms with E-state index in [4.69, 9.17) is 28.9 Å². The predicted octanol–water partition coefficient (Wildman–Crippen LogP) is 9.13. The van der Waals surface area contributed by atoms with Crippen LogP contribution in [0.4, 0.5) is 21.5 Å². The van der Waals surface area contributed by atoms with Crippen LogP contribution in [0.1, 0.15) is 98.7 Å². The lowest BCUT2D eigenvalue weighted by atomic mass is 9.98. The Hall–Kier alpha value is -4.98. The Bertz CT molecular complexity index is 2470. The Morgan fingerprint density at radius 2 is 1.45 bits per heavy atom. The highest BCUT2D eigenvalue weighted by atomic mass is 19.1. The summed E-state index contributed by atoms with van der Waals surface area (Å²) in [6, 6.07) is 11.1. The van der Waals surface area contributed by atoms with Crippen molar-refractivity contribution in [3.8, 4) is 17.2 Å². The van der Waals surface area contributed by atoms with Gasteiger partial charge >= 0.3 is 0 Å². The zero-order valence-electron chi connectivity index (χ0n) is 39.3. The molecule has 5 aromatic rings. The lowest BCUT2D eigenvalue weighted by molar-refractivity contribution is 0.0979. The molecule has 0 spiro atoms. The van der Waals surface area contributed by atoms with Crippen molar-refractivity contribution in [2.75, 3.05) is 95.3 Å². The van der Waals surface area contributed by atoms with Crippen molar-refractivity contribution < 1.29 is 23.3 Å². The number of rotatable bonds is 18. The van der Waals surface area contributed by atoms with Gasteiger partial charge in [0.1, 0.15) is 5.75 Å². The highest BCUT2D eigenvalue weighted by Gasteiger charge is 2.28. The summed E-state index contributed by atoms with van der Waals surface area (Å²) in [4.78, 5) is 21.7. The first kappa shape index (κ1) is 44.8. The molecule has 3 saturated heterocycles. The zero-order valence-corrected chi connectivity index (χ0v) is 39.3. The lowest BCUT2D eigenvalue weighted by Crippen LogP contribution is -2.39. The topological polar surface area (TPSA) is 109 Å². The summed E-state index contributed by atoms with van der Waals surface area (Å²) in [7, 11) is 3.50. The molecule has 3 fully saturated rings. The predicted molar refractivity (Wildman–Crippen MR) is 261 cm³/mol. The SMILES string of the molecule is COc1cc2c(NCC3CCCN3CCCOc3cc4nc5c(c(NC6CCN(c7ccncc7F)CC6)c4cc3OC)CCCCC5)c3c(nc2cc1COCCN1CCCC1)CCC3. The van der Waals surface area contributed by atoms with Gasteiger partial charge in [0.25, 0.3) is 0 Å².